The van der Waals surface area contributed by atoms with Gasteiger partial charge in [0, 0.05) is 31.7 Å². The third-order valence-corrected chi connectivity index (χ3v) is 5.68. The minimum absolute atomic E-state index is 0.0136. The Hall–Kier alpha value is -2.41. The van der Waals surface area contributed by atoms with Crippen molar-refractivity contribution in [2.45, 2.75) is 37.8 Å². The zero-order chi connectivity index (χ0) is 18.8. The van der Waals surface area contributed by atoms with Gasteiger partial charge in [0.1, 0.15) is 12.1 Å². The highest BCUT2D eigenvalue weighted by Gasteiger charge is 2.44. The summed E-state index contributed by atoms with van der Waals surface area (Å²) in [4.78, 5) is 43.8. The van der Waals surface area contributed by atoms with Gasteiger partial charge in [0.2, 0.25) is 17.7 Å². The molecule has 0 bridgehead atoms. The molecule has 3 aliphatic heterocycles. The van der Waals surface area contributed by atoms with Crippen LogP contribution in [0.25, 0.3) is 0 Å². The molecule has 0 aliphatic carbocycles. The smallest absolute Gasteiger partial charge is 0.246 e. The van der Waals surface area contributed by atoms with Gasteiger partial charge in [-0.25, -0.2) is 0 Å². The Kier molecular flexibility index (Phi) is 5.11. The van der Waals surface area contributed by atoms with Crippen molar-refractivity contribution in [3.05, 3.63) is 30.3 Å². The van der Waals surface area contributed by atoms with Crippen LogP contribution in [0, 0.1) is 0 Å². The Morgan fingerprint density at radius 1 is 0.926 bits per heavy atom. The molecule has 1 aromatic rings. The number of nitrogens with zero attached hydrogens (tertiary/aromatic N) is 3. The van der Waals surface area contributed by atoms with Gasteiger partial charge in [0.15, 0.2) is 0 Å². The topological polar surface area (TPSA) is 70.2 Å². The van der Waals surface area contributed by atoms with Crippen molar-refractivity contribution in [3.8, 4) is 0 Å². The molecule has 27 heavy (non-hydrogen) atoms. The van der Waals surface area contributed by atoms with Crippen LogP contribution in [0.15, 0.2) is 30.3 Å². The zero-order valence-electron chi connectivity index (χ0n) is 15.4. The summed E-state index contributed by atoms with van der Waals surface area (Å²) >= 11 is 0. The molecule has 0 spiro atoms. The van der Waals surface area contributed by atoms with Gasteiger partial charge >= 0.3 is 0 Å². The van der Waals surface area contributed by atoms with Crippen molar-refractivity contribution in [1.82, 2.24) is 9.80 Å². The lowest BCUT2D eigenvalue weighted by Crippen LogP contribution is -2.54. The summed E-state index contributed by atoms with van der Waals surface area (Å²) in [6, 6.07) is 8.39. The molecule has 7 heteroatoms. The number of carbonyl (C=O) groups excluding carboxylic acids is 3. The molecule has 3 aliphatic rings. The van der Waals surface area contributed by atoms with E-state index in [2.05, 4.69) is 0 Å². The minimum atomic E-state index is -0.516. The zero-order valence-corrected chi connectivity index (χ0v) is 15.4. The molecule has 3 heterocycles. The van der Waals surface area contributed by atoms with E-state index in [0.29, 0.717) is 52.1 Å². The van der Waals surface area contributed by atoms with Crippen LogP contribution in [0.2, 0.25) is 0 Å². The first-order valence-electron chi connectivity index (χ1n) is 9.71. The fourth-order valence-corrected chi connectivity index (χ4v) is 4.30. The van der Waals surface area contributed by atoms with Crippen molar-refractivity contribution in [2.75, 3.05) is 37.7 Å². The van der Waals surface area contributed by atoms with E-state index in [4.69, 9.17) is 4.74 Å². The lowest BCUT2D eigenvalue weighted by atomic mass is 10.1. The predicted molar refractivity (Wildman–Crippen MR) is 99.1 cm³/mol. The first-order chi connectivity index (χ1) is 13.2. The summed E-state index contributed by atoms with van der Waals surface area (Å²) in [6.45, 7) is 2.83. The number of carbonyl (C=O) groups is 3. The average molecular weight is 371 g/mol. The standard InChI is InChI=1S/C20H25N3O4/c24-18-9-8-17(23(18)15-5-2-1-3-6-15)20(26)22-10-4-7-16(22)19(25)21-11-13-27-14-12-21/h1-3,5-6,16-17H,4,7-14H2. The normalized spacial score (nSPS) is 25.9. The molecule has 4 rings (SSSR count). The minimum Gasteiger partial charge on any atom is -0.378 e. The molecule has 144 valence electrons. The average Bonchev–Trinajstić information content (AvgIpc) is 3.35. The fraction of sp³-hybridized carbons (Fsp3) is 0.550. The SMILES string of the molecule is O=C(C1CCCN1C(=O)C1CCC(=O)N1c1ccccc1)N1CCOCC1. The molecular formula is C20H25N3O4. The maximum Gasteiger partial charge on any atom is 0.246 e. The lowest BCUT2D eigenvalue weighted by molar-refractivity contribution is -0.147. The van der Waals surface area contributed by atoms with E-state index in [1.54, 1.807) is 14.7 Å². The third-order valence-electron chi connectivity index (χ3n) is 5.68. The summed E-state index contributed by atoms with van der Waals surface area (Å²) in [6.07, 6.45) is 2.37. The van der Waals surface area contributed by atoms with Crippen LogP contribution < -0.4 is 4.90 Å². The molecule has 2 atom stereocenters. The molecule has 0 radical (unpaired) electrons. The van der Waals surface area contributed by atoms with Crippen LogP contribution in [0.1, 0.15) is 25.7 Å². The fourth-order valence-electron chi connectivity index (χ4n) is 4.30. The van der Waals surface area contributed by atoms with Crippen molar-refractivity contribution in [1.29, 1.82) is 0 Å². The van der Waals surface area contributed by atoms with Gasteiger partial charge in [0.05, 0.1) is 13.2 Å². The molecule has 3 amide bonds. The van der Waals surface area contributed by atoms with E-state index in [1.165, 1.54) is 0 Å². The Morgan fingerprint density at radius 2 is 1.67 bits per heavy atom. The Labute approximate surface area is 158 Å². The number of para-hydroxylation sites is 1. The van der Waals surface area contributed by atoms with Gasteiger partial charge in [0.25, 0.3) is 0 Å². The number of hydrogen-bond donors (Lipinski definition) is 0. The Balaban J connectivity index is 1.52. The summed E-state index contributed by atoms with van der Waals surface area (Å²) < 4.78 is 5.32. The molecule has 3 fully saturated rings. The number of amides is 3. The Morgan fingerprint density at radius 3 is 2.41 bits per heavy atom. The molecular weight excluding hydrogens is 346 g/mol. The van der Waals surface area contributed by atoms with Gasteiger partial charge in [-0.15, -0.1) is 0 Å². The second-order valence-corrected chi connectivity index (χ2v) is 7.28. The largest absolute Gasteiger partial charge is 0.378 e. The summed E-state index contributed by atoms with van der Waals surface area (Å²) in [7, 11) is 0. The molecule has 3 saturated heterocycles. The molecule has 1 aromatic carbocycles. The van der Waals surface area contributed by atoms with Crippen molar-refractivity contribution >= 4 is 23.4 Å². The van der Waals surface area contributed by atoms with Gasteiger partial charge in [-0.3, -0.25) is 19.3 Å². The maximum atomic E-state index is 13.3. The lowest BCUT2D eigenvalue weighted by Gasteiger charge is -2.34. The van der Waals surface area contributed by atoms with E-state index >= 15 is 0 Å². The number of hydrogen-bond acceptors (Lipinski definition) is 4. The van der Waals surface area contributed by atoms with E-state index in [9.17, 15) is 14.4 Å². The molecule has 0 N–H and O–H groups in total. The van der Waals surface area contributed by atoms with Gasteiger partial charge in [-0.05, 0) is 31.4 Å². The number of benzene rings is 1. The molecule has 0 saturated carbocycles. The van der Waals surface area contributed by atoms with E-state index in [0.717, 1.165) is 12.1 Å². The number of ether oxygens (including phenoxy) is 1. The van der Waals surface area contributed by atoms with E-state index < -0.39 is 12.1 Å². The second kappa shape index (κ2) is 7.68. The first-order valence-corrected chi connectivity index (χ1v) is 9.71. The first kappa shape index (κ1) is 18.0. The van der Waals surface area contributed by atoms with Crippen molar-refractivity contribution in [3.63, 3.8) is 0 Å². The second-order valence-electron chi connectivity index (χ2n) is 7.28. The monoisotopic (exact) mass is 371 g/mol. The number of likely N-dealkylation sites (tertiary alicyclic amines) is 1. The highest BCUT2D eigenvalue weighted by molar-refractivity contribution is 6.04. The van der Waals surface area contributed by atoms with E-state index in [-0.39, 0.29) is 17.7 Å². The number of morpholine rings is 1. The van der Waals surface area contributed by atoms with E-state index in [1.807, 2.05) is 30.3 Å². The van der Waals surface area contributed by atoms with Gasteiger partial charge in [-0.1, -0.05) is 18.2 Å². The van der Waals surface area contributed by atoms with Crippen LogP contribution in [-0.2, 0) is 19.1 Å². The predicted octanol–water partition coefficient (Wildman–Crippen LogP) is 1.03. The number of rotatable bonds is 3. The van der Waals surface area contributed by atoms with Crippen LogP contribution >= 0.6 is 0 Å². The summed E-state index contributed by atoms with van der Waals surface area (Å²) in [5, 5.41) is 0. The summed E-state index contributed by atoms with van der Waals surface area (Å²) in [5.74, 6) is -0.122. The molecule has 0 aromatic heterocycles. The quantitative estimate of drug-likeness (QED) is 0.796. The van der Waals surface area contributed by atoms with Crippen molar-refractivity contribution < 1.29 is 19.1 Å². The van der Waals surface area contributed by atoms with Crippen LogP contribution in [0.4, 0.5) is 5.69 Å². The van der Waals surface area contributed by atoms with Gasteiger partial charge in [-0.2, -0.15) is 0 Å². The van der Waals surface area contributed by atoms with Crippen molar-refractivity contribution in [2.24, 2.45) is 0 Å². The van der Waals surface area contributed by atoms with Gasteiger partial charge < -0.3 is 14.5 Å². The summed E-state index contributed by atoms with van der Waals surface area (Å²) in [5.41, 5.74) is 0.744. The highest BCUT2D eigenvalue weighted by Crippen LogP contribution is 2.30. The highest BCUT2D eigenvalue weighted by atomic mass is 16.5. The number of anilines is 1. The Bertz CT molecular complexity index is 717. The molecule has 7 nitrogen and oxygen atoms in total. The van der Waals surface area contributed by atoms with Crippen LogP contribution in [0.3, 0.4) is 0 Å². The van der Waals surface area contributed by atoms with Crippen LogP contribution in [0.5, 0.6) is 0 Å². The maximum absolute atomic E-state index is 13.3. The van der Waals surface area contributed by atoms with Crippen LogP contribution in [-0.4, -0.2) is 72.5 Å². The molecule has 2 unspecified atom stereocenters. The third kappa shape index (κ3) is 3.43.